The summed E-state index contributed by atoms with van der Waals surface area (Å²) in [5, 5.41) is 6.63. The molecule has 5 heteroatoms. The van der Waals surface area contributed by atoms with Crippen LogP contribution in [0.4, 0.5) is 0 Å². The molecule has 0 radical (unpaired) electrons. The lowest BCUT2D eigenvalue weighted by Crippen LogP contribution is -2.41. The highest BCUT2D eigenvalue weighted by Gasteiger charge is 2.20. The fourth-order valence-electron chi connectivity index (χ4n) is 1.76. The molecule has 0 aliphatic heterocycles. The first kappa shape index (κ1) is 17.2. The molecule has 0 saturated heterocycles. The molecule has 1 aliphatic rings. The zero-order valence-electron chi connectivity index (χ0n) is 13.5. The Balaban J connectivity index is 2.06. The molecule has 1 aliphatic carbocycles. The van der Waals surface area contributed by atoms with Crippen molar-refractivity contribution in [3.63, 3.8) is 0 Å². The molecular weight excluding hydrogens is 252 g/mol. The summed E-state index contributed by atoms with van der Waals surface area (Å²) in [5.74, 6) is 1.77. The van der Waals surface area contributed by atoms with E-state index >= 15 is 0 Å². The number of likely N-dealkylation sites (N-methyl/N-ethyl adjacent to an activating group) is 1. The SMILES string of the molecule is CCNC(=NCCCOCC1CC1)NCCN(C)CC. The summed E-state index contributed by atoms with van der Waals surface area (Å²) in [6.07, 6.45) is 3.72. The average Bonchev–Trinajstić information content (AvgIpc) is 3.26. The van der Waals surface area contributed by atoms with Gasteiger partial charge in [-0.1, -0.05) is 6.92 Å². The van der Waals surface area contributed by atoms with Gasteiger partial charge in [-0.25, -0.2) is 0 Å². The van der Waals surface area contributed by atoms with E-state index < -0.39 is 0 Å². The second-order valence-corrected chi connectivity index (χ2v) is 5.46. The van der Waals surface area contributed by atoms with Crippen LogP contribution in [0, 0.1) is 5.92 Å². The largest absolute Gasteiger partial charge is 0.381 e. The topological polar surface area (TPSA) is 48.9 Å². The number of nitrogens with one attached hydrogen (secondary N) is 2. The van der Waals surface area contributed by atoms with Crippen LogP contribution in [0.1, 0.15) is 33.1 Å². The van der Waals surface area contributed by atoms with Crippen molar-refractivity contribution in [1.82, 2.24) is 15.5 Å². The van der Waals surface area contributed by atoms with Crippen molar-refractivity contribution >= 4 is 5.96 Å². The summed E-state index contributed by atoms with van der Waals surface area (Å²) in [6.45, 7) is 10.8. The Bertz CT molecular complexity index is 267. The van der Waals surface area contributed by atoms with Crippen LogP contribution in [-0.2, 0) is 4.74 Å². The predicted molar refractivity (Wildman–Crippen MR) is 85.3 cm³/mol. The lowest BCUT2D eigenvalue weighted by molar-refractivity contribution is 0.123. The Kier molecular flexibility index (Phi) is 9.41. The molecule has 0 unspecified atom stereocenters. The molecule has 0 aromatic rings. The Labute approximate surface area is 124 Å². The highest BCUT2D eigenvalue weighted by Crippen LogP contribution is 2.28. The van der Waals surface area contributed by atoms with Crippen LogP contribution < -0.4 is 10.6 Å². The number of nitrogens with zero attached hydrogens (tertiary/aromatic N) is 2. The predicted octanol–water partition coefficient (Wildman–Crippen LogP) is 1.31. The van der Waals surface area contributed by atoms with E-state index in [0.29, 0.717) is 0 Å². The molecule has 2 N–H and O–H groups in total. The van der Waals surface area contributed by atoms with Gasteiger partial charge in [-0.05, 0) is 45.7 Å². The minimum atomic E-state index is 0.823. The number of hydrogen-bond acceptors (Lipinski definition) is 3. The first-order valence-electron chi connectivity index (χ1n) is 8.04. The summed E-state index contributed by atoms with van der Waals surface area (Å²) < 4.78 is 5.61. The third kappa shape index (κ3) is 9.15. The zero-order chi connectivity index (χ0) is 14.6. The van der Waals surface area contributed by atoms with E-state index in [9.17, 15) is 0 Å². The summed E-state index contributed by atoms with van der Waals surface area (Å²) >= 11 is 0. The van der Waals surface area contributed by atoms with Crippen LogP contribution in [0.15, 0.2) is 4.99 Å². The molecule has 0 atom stereocenters. The Hall–Kier alpha value is -0.810. The number of rotatable bonds is 11. The fraction of sp³-hybridized carbons (Fsp3) is 0.933. The lowest BCUT2D eigenvalue weighted by atomic mass is 10.4. The second-order valence-electron chi connectivity index (χ2n) is 5.46. The van der Waals surface area contributed by atoms with Crippen LogP contribution in [0.25, 0.3) is 0 Å². The van der Waals surface area contributed by atoms with E-state index in [1.807, 2.05) is 0 Å². The van der Waals surface area contributed by atoms with Crippen LogP contribution in [0.5, 0.6) is 0 Å². The van der Waals surface area contributed by atoms with Crippen LogP contribution in [-0.4, -0.2) is 63.8 Å². The maximum absolute atomic E-state index is 5.61. The maximum Gasteiger partial charge on any atom is 0.191 e. The van der Waals surface area contributed by atoms with E-state index in [2.05, 4.69) is 41.4 Å². The van der Waals surface area contributed by atoms with Gasteiger partial charge in [0.1, 0.15) is 0 Å². The zero-order valence-corrected chi connectivity index (χ0v) is 13.5. The first-order valence-corrected chi connectivity index (χ1v) is 8.04. The van der Waals surface area contributed by atoms with Gasteiger partial charge in [-0.15, -0.1) is 0 Å². The quantitative estimate of drug-likeness (QED) is 0.341. The minimum absolute atomic E-state index is 0.823. The van der Waals surface area contributed by atoms with Gasteiger partial charge in [0, 0.05) is 39.4 Å². The van der Waals surface area contributed by atoms with Crippen LogP contribution in [0.2, 0.25) is 0 Å². The minimum Gasteiger partial charge on any atom is -0.381 e. The summed E-state index contributed by atoms with van der Waals surface area (Å²) in [6, 6.07) is 0. The van der Waals surface area contributed by atoms with Crippen molar-refractivity contribution in [2.45, 2.75) is 33.1 Å². The molecule has 1 saturated carbocycles. The van der Waals surface area contributed by atoms with Gasteiger partial charge in [0.2, 0.25) is 0 Å². The van der Waals surface area contributed by atoms with Crippen molar-refractivity contribution in [1.29, 1.82) is 0 Å². The second kappa shape index (κ2) is 10.9. The molecule has 0 spiro atoms. The van der Waals surface area contributed by atoms with Gasteiger partial charge >= 0.3 is 0 Å². The Morgan fingerprint density at radius 2 is 2.10 bits per heavy atom. The Morgan fingerprint density at radius 1 is 1.30 bits per heavy atom. The van der Waals surface area contributed by atoms with E-state index in [1.165, 1.54) is 12.8 Å². The molecule has 1 rings (SSSR count). The summed E-state index contributed by atoms with van der Waals surface area (Å²) in [5.41, 5.74) is 0. The van der Waals surface area contributed by atoms with Gasteiger partial charge < -0.3 is 20.3 Å². The molecule has 0 bridgehead atoms. The van der Waals surface area contributed by atoms with Crippen molar-refractivity contribution in [2.75, 3.05) is 53.0 Å². The maximum atomic E-state index is 5.61. The van der Waals surface area contributed by atoms with Crippen LogP contribution in [0.3, 0.4) is 0 Å². The molecule has 0 heterocycles. The monoisotopic (exact) mass is 284 g/mol. The molecule has 0 amide bonds. The van der Waals surface area contributed by atoms with Gasteiger partial charge in [-0.3, -0.25) is 4.99 Å². The molecule has 1 fully saturated rings. The number of aliphatic imine (C=N–C) groups is 1. The van der Waals surface area contributed by atoms with Gasteiger partial charge in [0.25, 0.3) is 0 Å². The fourth-order valence-corrected chi connectivity index (χ4v) is 1.76. The van der Waals surface area contributed by atoms with Gasteiger partial charge in [0.05, 0.1) is 0 Å². The van der Waals surface area contributed by atoms with Crippen molar-refractivity contribution < 1.29 is 4.74 Å². The first-order chi connectivity index (χ1) is 9.76. The van der Waals surface area contributed by atoms with E-state index in [-0.39, 0.29) is 0 Å². The van der Waals surface area contributed by atoms with Crippen LogP contribution >= 0.6 is 0 Å². The smallest absolute Gasteiger partial charge is 0.191 e. The molecule has 118 valence electrons. The van der Waals surface area contributed by atoms with Crippen molar-refractivity contribution in [3.05, 3.63) is 0 Å². The van der Waals surface area contributed by atoms with E-state index in [1.54, 1.807) is 0 Å². The Morgan fingerprint density at radius 3 is 2.75 bits per heavy atom. The van der Waals surface area contributed by atoms with Crippen molar-refractivity contribution in [2.24, 2.45) is 10.9 Å². The van der Waals surface area contributed by atoms with Gasteiger partial charge in [0.15, 0.2) is 5.96 Å². The average molecular weight is 284 g/mol. The third-order valence-electron chi connectivity index (χ3n) is 3.44. The van der Waals surface area contributed by atoms with E-state index in [4.69, 9.17) is 4.74 Å². The molecular formula is C15H32N4O. The number of guanidine groups is 1. The highest BCUT2D eigenvalue weighted by molar-refractivity contribution is 5.79. The van der Waals surface area contributed by atoms with Gasteiger partial charge in [-0.2, -0.15) is 0 Å². The standard InChI is InChI=1S/C15H32N4O/c1-4-16-15(18-10-11-19(3)5-2)17-9-6-12-20-13-14-7-8-14/h14H,4-13H2,1-3H3,(H2,16,17,18). The molecule has 20 heavy (non-hydrogen) atoms. The normalized spacial score (nSPS) is 15.7. The summed E-state index contributed by atoms with van der Waals surface area (Å²) in [7, 11) is 2.13. The molecule has 0 aromatic carbocycles. The van der Waals surface area contributed by atoms with Crippen molar-refractivity contribution in [3.8, 4) is 0 Å². The summed E-state index contributed by atoms with van der Waals surface area (Å²) in [4.78, 5) is 6.84. The number of ether oxygens (including phenoxy) is 1. The lowest BCUT2D eigenvalue weighted by Gasteiger charge is -2.16. The molecule has 5 nitrogen and oxygen atoms in total. The van der Waals surface area contributed by atoms with E-state index in [0.717, 1.165) is 64.2 Å². The third-order valence-corrected chi connectivity index (χ3v) is 3.44. The number of hydrogen-bond donors (Lipinski definition) is 2. The highest BCUT2D eigenvalue weighted by atomic mass is 16.5. The molecule has 0 aromatic heterocycles.